The van der Waals surface area contributed by atoms with E-state index in [1.54, 1.807) is 0 Å². The van der Waals surface area contributed by atoms with Gasteiger partial charge in [0.1, 0.15) is 5.82 Å². The number of benzene rings is 3. The molecule has 10 heteroatoms. The summed E-state index contributed by atoms with van der Waals surface area (Å²) < 4.78 is 2.01. The number of piperidine rings is 1. The number of carboxylic acids is 1. The molecule has 1 atom stereocenters. The minimum absolute atomic E-state index is 0.0619. The Morgan fingerprint density at radius 1 is 1.00 bits per heavy atom. The van der Waals surface area contributed by atoms with E-state index in [4.69, 9.17) is 10.7 Å². The van der Waals surface area contributed by atoms with Gasteiger partial charge in [-0.3, -0.25) is 0 Å². The van der Waals surface area contributed by atoms with E-state index in [9.17, 15) is 14.7 Å². The largest absolute Gasteiger partial charge is 0.480 e. The number of aryl methyl sites for hydroxylation is 3. The summed E-state index contributed by atoms with van der Waals surface area (Å²) in [5, 5.41) is 16.7. The van der Waals surface area contributed by atoms with Crippen LogP contribution in [-0.2, 0) is 42.6 Å². The molecule has 0 spiro atoms. The van der Waals surface area contributed by atoms with Crippen LogP contribution in [0.4, 0.5) is 10.5 Å². The van der Waals surface area contributed by atoms with E-state index in [2.05, 4.69) is 61.7 Å². The molecule has 2 aliphatic heterocycles. The van der Waals surface area contributed by atoms with Crippen molar-refractivity contribution in [3.8, 4) is 0 Å². The Morgan fingerprint density at radius 3 is 2.44 bits per heavy atom. The van der Waals surface area contributed by atoms with Crippen molar-refractivity contribution >= 4 is 28.7 Å². The van der Waals surface area contributed by atoms with E-state index in [0.717, 1.165) is 93.4 Å². The predicted octanol–water partition coefficient (Wildman–Crippen LogP) is 5.81. The Hall–Kier alpha value is -4.25. The molecule has 0 saturated carbocycles. The zero-order valence-corrected chi connectivity index (χ0v) is 30.3. The number of urea groups is 1. The highest BCUT2D eigenvalue weighted by atomic mass is 16.4. The molecule has 268 valence electrons. The van der Waals surface area contributed by atoms with E-state index >= 15 is 0 Å². The summed E-state index contributed by atoms with van der Waals surface area (Å²) in [6.07, 6.45) is 7.06. The standard InChI is InChI=1S/C26H36N4O2.C14H19N3O/c1-5-20-14-13-19(17-21(20)6-2)18-26(27,25(31)32)24-28-22-11-7-8-12-23(22)30(24)16-10-9-15-29(3)4;18-14-16-13-4-2-1-3-11(13)7-10-17(14)12-5-8-15-9-6-12/h7-8,11-14,17H,5-6,9-10,15-16,18,27H2,1-4H3,(H,31,32);1-4,12,15H,5-10H2,(H,16,18). The van der Waals surface area contributed by atoms with Crippen LogP contribution in [0.1, 0.15) is 67.6 Å². The van der Waals surface area contributed by atoms with Crippen molar-refractivity contribution in [1.82, 2.24) is 24.7 Å². The molecule has 2 amide bonds. The van der Waals surface area contributed by atoms with Crippen molar-refractivity contribution < 1.29 is 14.7 Å². The number of hydrogen-bond donors (Lipinski definition) is 4. The minimum Gasteiger partial charge on any atom is -0.480 e. The zero-order chi connectivity index (χ0) is 35.7. The number of para-hydroxylation sites is 3. The van der Waals surface area contributed by atoms with Crippen LogP contribution in [0.3, 0.4) is 0 Å². The van der Waals surface area contributed by atoms with Crippen molar-refractivity contribution in [2.24, 2.45) is 5.73 Å². The average molecular weight is 682 g/mol. The molecule has 50 heavy (non-hydrogen) atoms. The molecule has 0 aliphatic carbocycles. The minimum atomic E-state index is -1.61. The van der Waals surface area contributed by atoms with Gasteiger partial charge in [-0.25, -0.2) is 14.6 Å². The normalized spacial score (nSPS) is 16.3. The molecule has 2 aliphatic rings. The molecule has 3 aromatic carbocycles. The van der Waals surface area contributed by atoms with Crippen LogP contribution < -0.4 is 16.4 Å². The zero-order valence-electron chi connectivity index (χ0n) is 30.3. The number of nitrogens with two attached hydrogens (primary N) is 1. The van der Waals surface area contributed by atoms with Gasteiger partial charge in [-0.2, -0.15) is 0 Å². The summed E-state index contributed by atoms with van der Waals surface area (Å²) in [5.41, 5.74) is 12.5. The molecule has 4 aromatic rings. The van der Waals surface area contributed by atoms with Crippen LogP contribution in [0.5, 0.6) is 0 Å². The first kappa shape index (κ1) is 37.0. The number of rotatable bonds is 12. The highest BCUT2D eigenvalue weighted by Gasteiger charge is 2.41. The van der Waals surface area contributed by atoms with Gasteiger partial charge in [0.15, 0.2) is 5.54 Å². The number of amides is 2. The summed E-state index contributed by atoms with van der Waals surface area (Å²) in [6.45, 7) is 8.79. The maximum Gasteiger partial charge on any atom is 0.331 e. The van der Waals surface area contributed by atoms with Crippen LogP contribution in [-0.4, -0.2) is 82.8 Å². The predicted molar refractivity (Wildman–Crippen MR) is 202 cm³/mol. The number of carboxylic acid groups (broad SMARTS) is 1. The van der Waals surface area contributed by atoms with Crippen LogP contribution in [0, 0.1) is 0 Å². The van der Waals surface area contributed by atoms with E-state index in [0.29, 0.717) is 18.4 Å². The molecular formula is C40H55N7O3. The van der Waals surface area contributed by atoms with E-state index in [1.807, 2.05) is 58.0 Å². The molecule has 1 fully saturated rings. The highest BCUT2D eigenvalue weighted by molar-refractivity contribution is 5.91. The van der Waals surface area contributed by atoms with E-state index < -0.39 is 11.5 Å². The van der Waals surface area contributed by atoms with Gasteiger partial charge in [0.2, 0.25) is 0 Å². The van der Waals surface area contributed by atoms with Crippen LogP contribution in [0.15, 0.2) is 66.7 Å². The second kappa shape index (κ2) is 17.1. The van der Waals surface area contributed by atoms with Gasteiger partial charge in [0.25, 0.3) is 0 Å². The fourth-order valence-corrected chi connectivity index (χ4v) is 7.23. The number of fused-ring (bicyclic) bond motifs is 2. The summed E-state index contributed by atoms with van der Waals surface area (Å²) >= 11 is 0. The lowest BCUT2D eigenvalue weighted by molar-refractivity contribution is -0.144. The van der Waals surface area contributed by atoms with Crippen LogP contribution in [0.2, 0.25) is 0 Å². The van der Waals surface area contributed by atoms with Gasteiger partial charge in [0.05, 0.1) is 11.0 Å². The number of aliphatic carboxylic acids is 1. The molecule has 10 nitrogen and oxygen atoms in total. The van der Waals surface area contributed by atoms with Gasteiger partial charge in [-0.15, -0.1) is 0 Å². The number of hydrogen-bond acceptors (Lipinski definition) is 6. The quantitative estimate of drug-likeness (QED) is 0.139. The average Bonchev–Trinajstić information content (AvgIpc) is 3.41. The molecule has 1 unspecified atom stereocenters. The third kappa shape index (κ3) is 8.72. The Morgan fingerprint density at radius 2 is 1.72 bits per heavy atom. The number of carbonyl (C=O) groups excluding carboxylic acids is 1. The molecule has 3 heterocycles. The number of imidazole rings is 1. The summed E-state index contributed by atoms with van der Waals surface area (Å²) in [6, 6.07) is 22.5. The van der Waals surface area contributed by atoms with Crippen molar-refractivity contribution in [2.45, 2.75) is 83.3 Å². The fourth-order valence-electron chi connectivity index (χ4n) is 7.23. The molecule has 5 N–H and O–H groups in total. The first-order valence-electron chi connectivity index (χ1n) is 18.2. The number of nitrogens with zero attached hydrogens (tertiary/aromatic N) is 4. The van der Waals surface area contributed by atoms with Crippen molar-refractivity contribution in [1.29, 1.82) is 0 Å². The number of anilines is 1. The first-order chi connectivity index (χ1) is 24.1. The maximum absolute atomic E-state index is 12.6. The van der Waals surface area contributed by atoms with E-state index in [1.165, 1.54) is 16.7 Å². The van der Waals surface area contributed by atoms with Gasteiger partial charge in [-0.05, 0) is 119 Å². The molecule has 1 saturated heterocycles. The van der Waals surface area contributed by atoms with E-state index in [-0.39, 0.29) is 12.5 Å². The topological polar surface area (TPSA) is 129 Å². The maximum atomic E-state index is 12.6. The number of carbonyl (C=O) groups is 2. The lowest BCUT2D eigenvalue weighted by Gasteiger charge is -2.33. The Balaban J connectivity index is 0.000000226. The van der Waals surface area contributed by atoms with Crippen molar-refractivity contribution in [2.75, 3.05) is 45.6 Å². The summed E-state index contributed by atoms with van der Waals surface area (Å²) in [5.74, 6) is -0.631. The fraction of sp³-hybridized carbons (Fsp3) is 0.475. The van der Waals surface area contributed by atoms with Gasteiger partial charge < -0.3 is 35.8 Å². The highest BCUT2D eigenvalue weighted by Crippen LogP contribution is 2.29. The SMILES string of the molecule is CCc1ccc(CC(N)(C(=O)O)c2nc3ccccc3n2CCCCN(C)C)cc1CC.O=C1Nc2ccccc2CCN1C1CCNCC1. The lowest BCUT2D eigenvalue weighted by atomic mass is 9.88. The third-order valence-corrected chi connectivity index (χ3v) is 10.1. The van der Waals surface area contributed by atoms with Gasteiger partial charge >= 0.3 is 12.0 Å². The lowest BCUT2D eigenvalue weighted by Crippen LogP contribution is -2.49. The molecule has 6 rings (SSSR count). The Labute approximate surface area is 297 Å². The summed E-state index contributed by atoms with van der Waals surface area (Å²) in [7, 11) is 4.11. The molecular weight excluding hydrogens is 626 g/mol. The second-order valence-corrected chi connectivity index (χ2v) is 13.9. The molecule has 0 radical (unpaired) electrons. The van der Waals surface area contributed by atoms with Crippen LogP contribution >= 0.6 is 0 Å². The van der Waals surface area contributed by atoms with Crippen LogP contribution in [0.25, 0.3) is 11.0 Å². The number of aromatic nitrogens is 2. The Bertz CT molecular complexity index is 1750. The van der Waals surface area contributed by atoms with Gasteiger partial charge in [-0.1, -0.05) is 62.4 Å². The Kier molecular flexibility index (Phi) is 12.7. The number of nitrogens with one attached hydrogen (secondary N) is 2. The monoisotopic (exact) mass is 681 g/mol. The first-order valence-corrected chi connectivity index (χ1v) is 18.2. The van der Waals surface area contributed by atoms with Crippen molar-refractivity contribution in [3.05, 3.63) is 94.8 Å². The molecule has 0 bridgehead atoms. The third-order valence-electron chi connectivity index (χ3n) is 10.1. The number of unbranched alkanes of at least 4 members (excludes halogenated alkanes) is 1. The smallest absolute Gasteiger partial charge is 0.331 e. The summed E-state index contributed by atoms with van der Waals surface area (Å²) in [4.78, 5) is 33.7. The molecule has 1 aromatic heterocycles. The van der Waals surface area contributed by atoms with Crippen molar-refractivity contribution in [3.63, 3.8) is 0 Å². The second-order valence-electron chi connectivity index (χ2n) is 13.9. The van der Waals surface area contributed by atoms with Gasteiger partial charge in [0, 0.05) is 31.2 Å².